The zero-order valence-corrected chi connectivity index (χ0v) is 8.62. The van der Waals surface area contributed by atoms with E-state index >= 15 is 0 Å². The summed E-state index contributed by atoms with van der Waals surface area (Å²) in [5, 5.41) is 0. The predicted molar refractivity (Wildman–Crippen MR) is 53.4 cm³/mol. The van der Waals surface area contributed by atoms with Crippen LogP contribution >= 0.6 is 0 Å². The zero-order chi connectivity index (χ0) is 10.7. The summed E-state index contributed by atoms with van der Waals surface area (Å²) in [5.74, 6) is 2.04. The molecule has 0 bridgehead atoms. The van der Waals surface area contributed by atoms with Gasteiger partial charge in [0.2, 0.25) is 5.91 Å². The van der Waals surface area contributed by atoms with Gasteiger partial charge < -0.3 is 4.90 Å². The Morgan fingerprint density at radius 1 is 1.71 bits per heavy atom. The maximum absolute atomic E-state index is 11.8. The van der Waals surface area contributed by atoms with Crippen LogP contribution in [-0.2, 0) is 9.59 Å². The summed E-state index contributed by atoms with van der Waals surface area (Å²) in [6.45, 7) is 2.21. The fourth-order valence-electron chi connectivity index (χ4n) is 1.84. The van der Waals surface area contributed by atoms with E-state index in [9.17, 15) is 9.59 Å². The molecular formula is C11H15NO2. The molecule has 0 aromatic carbocycles. The van der Waals surface area contributed by atoms with Crippen LogP contribution in [0.5, 0.6) is 0 Å². The molecule has 0 radical (unpaired) electrons. The number of hydrogen-bond acceptors (Lipinski definition) is 2. The Morgan fingerprint density at radius 3 is 2.79 bits per heavy atom. The van der Waals surface area contributed by atoms with Gasteiger partial charge in [-0.25, -0.2) is 0 Å². The molecule has 1 rings (SSSR count). The van der Waals surface area contributed by atoms with Gasteiger partial charge in [-0.05, 0) is 12.3 Å². The van der Waals surface area contributed by atoms with Crippen molar-refractivity contribution in [3.63, 3.8) is 0 Å². The Hall–Kier alpha value is -1.30. The molecule has 2 unspecified atom stereocenters. The maximum Gasteiger partial charge on any atom is 0.233 e. The molecule has 0 heterocycles. The number of hydrogen-bond donors (Lipinski definition) is 0. The van der Waals surface area contributed by atoms with E-state index in [2.05, 4.69) is 5.92 Å². The molecule has 0 aromatic heterocycles. The van der Waals surface area contributed by atoms with Crippen LogP contribution in [0.4, 0.5) is 0 Å². The number of ketones is 1. The first-order chi connectivity index (χ1) is 6.57. The Balaban J connectivity index is 2.69. The van der Waals surface area contributed by atoms with E-state index in [0.717, 1.165) is 6.42 Å². The van der Waals surface area contributed by atoms with Crippen LogP contribution < -0.4 is 0 Å². The third-order valence-corrected chi connectivity index (χ3v) is 2.73. The van der Waals surface area contributed by atoms with Crippen LogP contribution in [0.1, 0.15) is 19.8 Å². The van der Waals surface area contributed by atoms with Gasteiger partial charge in [-0.15, -0.1) is 6.42 Å². The monoisotopic (exact) mass is 193 g/mol. The van der Waals surface area contributed by atoms with Gasteiger partial charge in [0.1, 0.15) is 5.78 Å². The highest BCUT2D eigenvalue weighted by atomic mass is 16.2. The van der Waals surface area contributed by atoms with Crippen molar-refractivity contribution in [2.45, 2.75) is 19.8 Å². The number of Topliss-reactive ketones (excluding diaryl/α,β-unsaturated/α-hetero) is 1. The second kappa shape index (κ2) is 4.28. The number of amides is 1. The molecule has 1 amide bonds. The van der Waals surface area contributed by atoms with Crippen LogP contribution in [0.15, 0.2) is 0 Å². The largest absolute Gasteiger partial charge is 0.334 e. The quantitative estimate of drug-likeness (QED) is 0.478. The highest BCUT2D eigenvalue weighted by Crippen LogP contribution is 2.29. The van der Waals surface area contributed by atoms with Gasteiger partial charge in [0.05, 0.1) is 12.5 Å². The Bertz CT molecular complexity index is 290. The Morgan fingerprint density at radius 2 is 2.36 bits per heavy atom. The van der Waals surface area contributed by atoms with Gasteiger partial charge in [0, 0.05) is 13.5 Å². The fourth-order valence-corrected chi connectivity index (χ4v) is 1.84. The van der Waals surface area contributed by atoms with Crippen molar-refractivity contribution < 1.29 is 9.59 Å². The molecule has 14 heavy (non-hydrogen) atoms. The van der Waals surface area contributed by atoms with Crippen LogP contribution in [0.2, 0.25) is 0 Å². The molecular weight excluding hydrogens is 178 g/mol. The van der Waals surface area contributed by atoms with Gasteiger partial charge in [-0.3, -0.25) is 9.59 Å². The van der Waals surface area contributed by atoms with Gasteiger partial charge >= 0.3 is 0 Å². The molecule has 1 aliphatic rings. The minimum absolute atomic E-state index is 0.0615. The molecule has 0 aromatic rings. The topological polar surface area (TPSA) is 37.4 Å². The average molecular weight is 193 g/mol. The highest BCUT2D eigenvalue weighted by molar-refractivity contribution is 6.03. The normalized spacial score (nSPS) is 25.9. The summed E-state index contributed by atoms with van der Waals surface area (Å²) >= 11 is 0. The van der Waals surface area contributed by atoms with E-state index in [1.54, 1.807) is 7.05 Å². The van der Waals surface area contributed by atoms with E-state index in [-0.39, 0.29) is 24.2 Å². The molecule has 0 spiro atoms. The van der Waals surface area contributed by atoms with Crippen molar-refractivity contribution in [3.05, 3.63) is 0 Å². The third-order valence-electron chi connectivity index (χ3n) is 2.73. The molecule has 3 heteroatoms. The predicted octanol–water partition coefficient (Wildman–Crippen LogP) is 0.693. The highest BCUT2D eigenvalue weighted by Gasteiger charge is 2.38. The van der Waals surface area contributed by atoms with Gasteiger partial charge in [0.25, 0.3) is 0 Å². The Labute approximate surface area is 84.5 Å². The van der Waals surface area contributed by atoms with Crippen LogP contribution in [0, 0.1) is 24.2 Å². The molecule has 76 valence electrons. The van der Waals surface area contributed by atoms with E-state index < -0.39 is 5.92 Å². The van der Waals surface area contributed by atoms with Crippen molar-refractivity contribution >= 4 is 11.7 Å². The molecule has 1 saturated carbocycles. The van der Waals surface area contributed by atoms with Crippen molar-refractivity contribution in [2.24, 2.45) is 11.8 Å². The zero-order valence-electron chi connectivity index (χ0n) is 8.62. The summed E-state index contributed by atoms with van der Waals surface area (Å²) in [6.07, 6.45) is 6.45. The molecule has 0 N–H and O–H groups in total. The van der Waals surface area contributed by atoms with Gasteiger partial charge in [-0.1, -0.05) is 12.8 Å². The Kier molecular flexibility index (Phi) is 3.29. The van der Waals surface area contributed by atoms with E-state index in [1.807, 2.05) is 6.92 Å². The molecule has 0 aliphatic heterocycles. The molecule has 2 atom stereocenters. The average Bonchev–Trinajstić information content (AvgIpc) is 2.46. The number of rotatable bonds is 2. The van der Waals surface area contributed by atoms with E-state index in [0.29, 0.717) is 6.42 Å². The smallest absolute Gasteiger partial charge is 0.233 e. The first kappa shape index (κ1) is 10.8. The van der Waals surface area contributed by atoms with Gasteiger partial charge in [0.15, 0.2) is 0 Å². The van der Waals surface area contributed by atoms with Crippen molar-refractivity contribution in [3.8, 4) is 12.3 Å². The van der Waals surface area contributed by atoms with E-state index in [4.69, 9.17) is 6.42 Å². The fraction of sp³-hybridized carbons (Fsp3) is 0.636. The third kappa shape index (κ3) is 1.95. The van der Waals surface area contributed by atoms with Crippen molar-refractivity contribution in [2.75, 3.05) is 13.6 Å². The molecule has 1 aliphatic carbocycles. The minimum Gasteiger partial charge on any atom is -0.334 e. The van der Waals surface area contributed by atoms with E-state index in [1.165, 1.54) is 4.90 Å². The SMILES string of the molecule is C#CCN(C)C(=O)C1C(=O)CCC1C. The number of carbonyl (C=O) groups is 2. The van der Waals surface area contributed by atoms with Crippen LogP contribution in [0.3, 0.4) is 0 Å². The molecule has 3 nitrogen and oxygen atoms in total. The van der Waals surface area contributed by atoms with Crippen molar-refractivity contribution in [1.82, 2.24) is 4.90 Å². The van der Waals surface area contributed by atoms with Crippen LogP contribution in [-0.4, -0.2) is 30.2 Å². The molecule has 0 saturated heterocycles. The summed E-state index contributed by atoms with van der Waals surface area (Å²) in [7, 11) is 1.64. The lowest BCUT2D eigenvalue weighted by molar-refractivity contribution is -0.139. The lowest BCUT2D eigenvalue weighted by atomic mass is 9.96. The second-order valence-corrected chi connectivity index (χ2v) is 3.86. The number of nitrogens with zero attached hydrogens (tertiary/aromatic N) is 1. The van der Waals surface area contributed by atoms with Crippen LogP contribution in [0.25, 0.3) is 0 Å². The first-order valence-electron chi connectivity index (χ1n) is 4.79. The summed E-state index contributed by atoms with van der Waals surface area (Å²) < 4.78 is 0. The summed E-state index contributed by atoms with van der Waals surface area (Å²) in [5.41, 5.74) is 0. The van der Waals surface area contributed by atoms with Crippen molar-refractivity contribution in [1.29, 1.82) is 0 Å². The number of carbonyl (C=O) groups excluding carboxylic acids is 2. The summed E-state index contributed by atoms with van der Waals surface area (Å²) in [4.78, 5) is 24.7. The maximum atomic E-state index is 11.8. The first-order valence-corrected chi connectivity index (χ1v) is 4.79. The molecule has 1 fully saturated rings. The standard InChI is InChI=1S/C11H15NO2/c1-4-7-12(3)11(14)10-8(2)5-6-9(10)13/h1,8,10H,5-7H2,2-3H3. The lowest BCUT2D eigenvalue weighted by Crippen LogP contribution is -2.37. The summed E-state index contributed by atoms with van der Waals surface area (Å²) in [6, 6.07) is 0. The van der Waals surface area contributed by atoms with Gasteiger partial charge in [-0.2, -0.15) is 0 Å². The minimum atomic E-state index is -0.451. The lowest BCUT2D eigenvalue weighted by Gasteiger charge is -2.20. The second-order valence-electron chi connectivity index (χ2n) is 3.86. The number of terminal acetylenes is 1.